The number of fused-ring (bicyclic) bond motifs is 3. The predicted octanol–water partition coefficient (Wildman–Crippen LogP) is 3.21. The molecular formula is C18H22N6OS2. The van der Waals surface area contributed by atoms with Crippen molar-refractivity contribution in [2.75, 3.05) is 0 Å². The average Bonchev–Trinajstić information content (AvgIpc) is 3.36. The lowest BCUT2D eigenvalue weighted by atomic mass is 10.2. The van der Waals surface area contributed by atoms with Crippen LogP contribution in [0.15, 0.2) is 22.6 Å². The molecule has 9 heteroatoms. The largest absolute Gasteiger partial charge is 0.283 e. The minimum atomic E-state index is 0.0485. The van der Waals surface area contributed by atoms with Crippen molar-refractivity contribution in [2.45, 2.75) is 63.0 Å². The Kier molecular flexibility index (Phi) is 5.40. The van der Waals surface area contributed by atoms with Gasteiger partial charge in [-0.1, -0.05) is 31.2 Å². The normalized spacial score (nSPS) is 13.4. The number of nitrogens with zero attached hydrogens (tertiary/aromatic N) is 6. The van der Waals surface area contributed by atoms with Crippen molar-refractivity contribution in [2.24, 2.45) is 0 Å². The zero-order valence-corrected chi connectivity index (χ0v) is 17.0. The van der Waals surface area contributed by atoms with E-state index < -0.39 is 0 Å². The monoisotopic (exact) mass is 402 g/mol. The van der Waals surface area contributed by atoms with Crippen LogP contribution in [0.3, 0.4) is 0 Å². The lowest BCUT2D eigenvalue weighted by Gasteiger charge is -2.10. The molecule has 0 saturated carbocycles. The Morgan fingerprint density at radius 2 is 2.26 bits per heavy atom. The number of tetrazole rings is 1. The van der Waals surface area contributed by atoms with E-state index in [1.807, 2.05) is 4.68 Å². The molecule has 3 aromatic heterocycles. The smallest absolute Gasteiger partial charge is 0.263 e. The molecule has 0 aromatic carbocycles. The molecule has 1 aliphatic rings. The predicted molar refractivity (Wildman–Crippen MR) is 108 cm³/mol. The Morgan fingerprint density at radius 3 is 3.07 bits per heavy atom. The third kappa shape index (κ3) is 3.45. The van der Waals surface area contributed by atoms with Gasteiger partial charge in [0.15, 0.2) is 11.0 Å². The van der Waals surface area contributed by atoms with E-state index in [1.54, 1.807) is 22.0 Å². The summed E-state index contributed by atoms with van der Waals surface area (Å²) in [5.74, 6) is 1.39. The van der Waals surface area contributed by atoms with Gasteiger partial charge in [-0.15, -0.1) is 23.0 Å². The molecule has 0 amide bonds. The summed E-state index contributed by atoms with van der Waals surface area (Å²) in [7, 11) is 0. The van der Waals surface area contributed by atoms with Crippen LogP contribution in [0.2, 0.25) is 0 Å². The fraction of sp³-hybridized carbons (Fsp3) is 0.500. The number of unbranched alkanes of at least 4 members (excludes halogenated alkanes) is 1. The number of hydrogen-bond donors (Lipinski definition) is 0. The van der Waals surface area contributed by atoms with E-state index in [-0.39, 0.29) is 5.56 Å². The second-order valence-corrected chi connectivity index (χ2v) is 8.62. The topological polar surface area (TPSA) is 78.5 Å². The van der Waals surface area contributed by atoms with Crippen LogP contribution in [-0.4, -0.2) is 29.8 Å². The first-order chi connectivity index (χ1) is 13.2. The number of allylic oxidation sites excluding steroid dienone is 1. The van der Waals surface area contributed by atoms with Crippen LogP contribution in [0.5, 0.6) is 0 Å². The van der Waals surface area contributed by atoms with E-state index >= 15 is 0 Å². The van der Waals surface area contributed by atoms with E-state index in [9.17, 15) is 4.79 Å². The zero-order chi connectivity index (χ0) is 18.8. The van der Waals surface area contributed by atoms with Crippen molar-refractivity contribution in [1.29, 1.82) is 0 Å². The summed E-state index contributed by atoms with van der Waals surface area (Å²) >= 11 is 3.18. The molecule has 1 aliphatic carbocycles. The number of rotatable bonds is 8. The fourth-order valence-electron chi connectivity index (χ4n) is 3.40. The van der Waals surface area contributed by atoms with Gasteiger partial charge >= 0.3 is 0 Å². The molecule has 142 valence electrons. The highest BCUT2D eigenvalue weighted by Gasteiger charge is 2.23. The average molecular weight is 403 g/mol. The molecule has 27 heavy (non-hydrogen) atoms. The van der Waals surface area contributed by atoms with Crippen molar-refractivity contribution in [3.05, 3.63) is 39.3 Å². The van der Waals surface area contributed by atoms with Crippen LogP contribution < -0.4 is 5.56 Å². The van der Waals surface area contributed by atoms with E-state index in [1.165, 1.54) is 22.2 Å². The maximum atomic E-state index is 13.2. The van der Waals surface area contributed by atoms with Crippen molar-refractivity contribution < 1.29 is 0 Å². The maximum Gasteiger partial charge on any atom is 0.263 e. The number of aryl methyl sites for hydroxylation is 3. The lowest BCUT2D eigenvalue weighted by molar-refractivity contribution is 0.540. The lowest BCUT2D eigenvalue weighted by Crippen LogP contribution is -2.23. The SMILES string of the molecule is C=CCn1c(SCc2nnnn2CCCC)nc2sc3c(c2c1=O)CCC3. The van der Waals surface area contributed by atoms with Gasteiger partial charge in [0, 0.05) is 18.0 Å². The summed E-state index contributed by atoms with van der Waals surface area (Å²) in [6.07, 6.45) is 7.05. The van der Waals surface area contributed by atoms with Gasteiger partial charge in [-0.25, -0.2) is 9.67 Å². The minimum absolute atomic E-state index is 0.0485. The van der Waals surface area contributed by atoms with Crippen LogP contribution in [0.25, 0.3) is 10.2 Å². The Morgan fingerprint density at radius 1 is 1.37 bits per heavy atom. The molecule has 0 fully saturated rings. The molecule has 0 N–H and O–H groups in total. The van der Waals surface area contributed by atoms with E-state index in [0.29, 0.717) is 17.5 Å². The second kappa shape index (κ2) is 7.93. The van der Waals surface area contributed by atoms with Gasteiger partial charge in [0.05, 0.1) is 11.1 Å². The molecule has 0 bridgehead atoms. The molecule has 4 rings (SSSR count). The van der Waals surface area contributed by atoms with Gasteiger partial charge in [-0.05, 0) is 41.7 Å². The van der Waals surface area contributed by atoms with Gasteiger partial charge in [-0.2, -0.15) is 0 Å². The van der Waals surface area contributed by atoms with Crippen molar-refractivity contribution in [3.8, 4) is 0 Å². The number of thiophene rings is 1. The molecule has 0 radical (unpaired) electrons. The van der Waals surface area contributed by atoms with Crippen LogP contribution in [-0.2, 0) is 31.7 Å². The molecule has 7 nitrogen and oxygen atoms in total. The number of thioether (sulfide) groups is 1. The highest BCUT2D eigenvalue weighted by Crippen LogP contribution is 2.35. The minimum Gasteiger partial charge on any atom is -0.283 e. The molecule has 3 heterocycles. The van der Waals surface area contributed by atoms with Crippen molar-refractivity contribution in [1.82, 2.24) is 29.8 Å². The van der Waals surface area contributed by atoms with Gasteiger partial charge in [0.2, 0.25) is 0 Å². The van der Waals surface area contributed by atoms with Gasteiger partial charge in [0.25, 0.3) is 5.56 Å². The van der Waals surface area contributed by atoms with Gasteiger partial charge in [-0.3, -0.25) is 9.36 Å². The highest BCUT2D eigenvalue weighted by molar-refractivity contribution is 7.98. The first kappa shape index (κ1) is 18.4. The Labute approximate surface area is 165 Å². The number of aromatic nitrogens is 6. The number of hydrogen-bond acceptors (Lipinski definition) is 7. The molecule has 0 aliphatic heterocycles. The van der Waals surface area contributed by atoms with E-state index in [4.69, 9.17) is 4.98 Å². The first-order valence-electron chi connectivity index (χ1n) is 9.26. The second-order valence-electron chi connectivity index (χ2n) is 6.60. The van der Waals surface area contributed by atoms with Gasteiger partial charge < -0.3 is 0 Å². The first-order valence-corrected chi connectivity index (χ1v) is 11.1. The third-order valence-corrected chi connectivity index (χ3v) is 6.92. The molecule has 0 atom stereocenters. The third-order valence-electron chi connectivity index (χ3n) is 4.76. The summed E-state index contributed by atoms with van der Waals surface area (Å²) < 4.78 is 3.57. The van der Waals surface area contributed by atoms with E-state index in [2.05, 4.69) is 29.0 Å². The van der Waals surface area contributed by atoms with Crippen LogP contribution >= 0.6 is 23.1 Å². The highest BCUT2D eigenvalue weighted by atomic mass is 32.2. The standard InChI is InChI=1S/C18H22N6OS2/c1-3-5-10-24-14(20-21-22-24)11-26-18-19-16-15(17(25)23(18)9-4-2)12-7-6-8-13(12)27-16/h4H,2-3,5-11H2,1H3. The Bertz CT molecular complexity index is 1030. The van der Waals surface area contributed by atoms with Crippen LogP contribution in [0, 0.1) is 0 Å². The fourth-order valence-corrected chi connectivity index (χ4v) is 5.64. The summed E-state index contributed by atoms with van der Waals surface area (Å²) in [4.78, 5) is 20.2. The maximum absolute atomic E-state index is 13.2. The van der Waals surface area contributed by atoms with Crippen molar-refractivity contribution in [3.63, 3.8) is 0 Å². The molecule has 3 aromatic rings. The summed E-state index contributed by atoms with van der Waals surface area (Å²) in [5, 5.41) is 13.5. The summed E-state index contributed by atoms with van der Waals surface area (Å²) in [6.45, 7) is 7.21. The van der Waals surface area contributed by atoms with Crippen LogP contribution in [0.1, 0.15) is 42.5 Å². The summed E-state index contributed by atoms with van der Waals surface area (Å²) in [5.41, 5.74) is 1.26. The van der Waals surface area contributed by atoms with Crippen molar-refractivity contribution >= 4 is 33.3 Å². The van der Waals surface area contributed by atoms with Crippen LogP contribution in [0.4, 0.5) is 0 Å². The summed E-state index contributed by atoms with van der Waals surface area (Å²) in [6, 6.07) is 0. The zero-order valence-electron chi connectivity index (χ0n) is 15.3. The Balaban J connectivity index is 1.67. The quantitative estimate of drug-likeness (QED) is 0.327. The molecule has 0 saturated heterocycles. The van der Waals surface area contributed by atoms with Gasteiger partial charge in [0.1, 0.15) is 4.83 Å². The molecule has 0 unspecified atom stereocenters. The Hall–Kier alpha value is -2.00. The molecule has 0 spiro atoms. The molecular weight excluding hydrogens is 380 g/mol. The van der Waals surface area contributed by atoms with E-state index in [0.717, 1.165) is 54.7 Å².